The Balaban J connectivity index is 1.74. The molecule has 7 rings (SSSR count). The molecule has 0 fully saturated rings. The molecule has 2 aromatic heterocycles. The van der Waals surface area contributed by atoms with Gasteiger partial charge in [-0.1, -0.05) is 35.9 Å². The van der Waals surface area contributed by atoms with E-state index in [0.717, 1.165) is 11.4 Å². The molecule has 0 saturated heterocycles. The SMILES string of the molecule is Cc1cc(C)c(C)c(-c2c3c(cc[n+]2C)C2c4ccccc4C3c3nccnc32)c1. The Morgan fingerprint density at radius 3 is 2.20 bits per heavy atom. The summed E-state index contributed by atoms with van der Waals surface area (Å²) in [5.74, 6) is 0.267. The molecule has 0 saturated carbocycles. The third-order valence-electron chi connectivity index (χ3n) is 6.98. The van der Waals surface area contributed by atoms with Crippen molar-refractivity contribution in [1.29, 1.82) is 0 Å². The van der Waals surface area contributed by atoms with Crippen LogP contribution in [-0.2, 0) is 7.05 Å². The minimum absolute atomic E-state index is 0.118. The van der Waals surface area contributed by atoms with Gasteiger partial charge < -0.3 is 0 Å². The van der Waals surface area contributed by atoms with E-state index in [4.69, 9.17) is 9.97 Å². The van der Waals surface area contributed by atoms with Gasteiger partial charge in [-0.05, 0) is 54.7 Å². The first-order valence-corrected chi connectivity index (χ1v) is 10.6. The lowest BCUT2D eigenvalue weighted by atomic mass is 9.63. The molecule has 0 aliphatic heterocycles. The molecule has 2 unspecified atom stereocenters. The lowest BCUT2D eigenvalue weighted by Crippen LogP contribution is -2.38. The number of rotatable bonds is 1. The second-order valence-electron chi connectivity index (χ2n) is 8.72. The van der Waals surface area contributed by atoms with Gasteiger partial charge in [-0.25, -0.2) is 4.57 Å². The van der Waals surface area contributed by atoms with Crippen molar-refractivity contribution in [2.24, 2.45) is 7.05 Å². The molecule has 3 nitrogen and oxygen atoms in total. The van der Waals surface area contributed by atoms with Crippen molar-refractivity contribution in [3.8, 4) is 11.3 Å². The Labute approximate surface area is 177 Å². The number of hydrogen-bond donors (Lipinski definition) is 0. The Morgan fingerprint density at radius 1 is 0.800 bits per heavy atom. The van der Waals surface area contributed by atoms with Gasteiger partial charge in [0, 0.05) is 29.6 Å². The van der Waals surface area contributed by atoms with Crippen LogP contribution in [-0.4, -0.2) is 9.97 Å². The molecule has 0 amide bonds. The highest BCUT2D eigenvalue weighted by Crippen LogP contribution is 2.55. The predicted molar refractivity (Wildman–Crippen MR) is 118 cm³/mol. The minimum atomic E-state index is 0.118. The summed E-state index contributed by atoms with van der Waals surface area (Å²) in [5, 5.41) is 0. The van der Waals surface area contributed by atoms with Gasteiger partial charge in [-0.2, -0.15) is 0 Å². The van der Waals surface area contributed by atoms with Crippen LogP contribution in [0.2, 0.25) is 0 Å². The van der Waals surface area contributed by atoms with Crippen molar-refractivity contribution in [2.45, 2.75) is 32.6 Å². The summed E-state index contributed by atoms with van der Waals surface area (Å²) in [4.78, 5) is 9.65. The normalized spacial score (nSPS) is 18.0. The van der Waals surface area contributed by atoms with E-state index in [1.165, 1.54) is 50.2 Å². The van der Waals surface area contributed by atoms with Gasteiger partial charge in [-0.15, -0.1) is 0 Å². The van der Waals surface area contributed by atoms with Gasteiger partial charge in [0.15, 0.2) is 6.20 Å². The highest BCUT2D eigenvalue weighted by atomic mass is 14.9. The zero-order valence-corrected chi connectivity index (χ0v) is 17.8. The molecular weight excluding hydrogens is 366 g/mol. The number of nitrogens with zero attached hydrogens (tertiary/aromatic N) is 3. The molecule has 3 heteroatoms. The first-order valence-electron chi connectivity index (χ1n) is 10.6. The highest BCUT2D eigenvalue weighted by Gasteiger charge is 2.46. The maximum Gasteiger partial charge on any atom is 0.217 e. The average Bonchev–Trinajstić information content (AvgIpc) is 2.76. The van der Waals surface area contributed by atoms with Gasteiger partial charge in [0.05, 0.1) is 23.2 Å². The molecule has 0 N–H and O–H groups in total. The average molecular weight is 391 g/mol. The van der Waals surface area contributed by atoms with Crippen molar-refractivity contribution >= 4 is 0 Å². The van der Waals surface area contributed by atoms with E-state index >= 15 is 0 Å². The number of benzene rings is 2. The van der Waals surface area contributed by atoms with Gasteiger partial charge in [-0.3, -0.25) is 9.97 Å². The lowest BCUT2D eigenvalue weighted by Gasteiger charge is -2.40. The third kappa shape index (κ3) is 2.18. The van der Waals surface area contributed by atoms with E-state index in [1.807, 2.05) is 12.4 Å². The van der Waals surface area contributed by atoms with Crippen LogP contribution in [0.1, 0.15) is 62.2 Å². The summed E-state index contributed by atoms with van der Waals surface area (Å²) in [7, 11) is 2.17. The summed E-state index contributed by atoms with van der Waals surface area (Å²) >= 11 is 0. The molecule has 3 aliphatic rings. The first kappa shape index (κ1) is 17.5. The molecule has 4 aromatic rings. The zero-order chi connectivity index (χ0) is 20.6. The molecule has 0 spiro atoms. The van der Waals surface area contributed by atoms with E-state index in [0.29, 0.717) is 0 Å². The van der Waals surface area contributed by atoms with Crippen molar-refractivity contribution in [3.63, 3.8) is 0 Å². The number of aryl methyl sites for hydroxylation is 3. The molecule has 2 aromatic carbocycles. The first-order chi connectivity index (χ1) is 14.6. The maximum absolute atomic E-state index is 4.85. The number of hydrogen-bond acceptors (Lipinski definition) is 2. The molecular formula is C27H24N3+. The Kier molecular flexibility index (Phi) is 3.55. The zero-order valence-electron chi connectivity index (χ0n) is 17.8. The summed E-state index contributed by atoms with van der Waals surface area (Å²) in [6.07, 6.45) is 5.89. The van der Waals surface area contributed by atoms with Crippen LogP contribution >= 0.6 is 0 Å². The fourth-order valence-electron chi connectivity index (χ4n) is 5.60. The summed E-state index contributed by atoms with van der Waals surface area (Å²) in [6, 6.07) is 15.7. The number of aromatic nitrogens is 3. The van der Waals surface area contributed by atoms with E-state index in [1.54, 1.807) is 0 Å². The van der Waals surface area contributed by atoms with Crippen molar-refractivity contribution in [1.82, 2.24) is 9.97 Å². The number of pyridine rings is 1. The second kappa shape index (κ2) is 6.09. The maximum atomic E-state index is 4.85. The van der Waals surface area contributed by atoms with Crippen LogP contribution in [0, 0.1) is 20.8 Å². The molecule has 2 heterocycles. The molecule has 30 heavy (non-hydrogen) atoms. The molecule has 3 aliphatic carbocycles. The van der Waals surface area contributed by atoms with Crippen LogP contribution in [0.5, 0.6) is 0 Å². The fraction of sp³-hybridized carbons (Fsp3) is 0.222. The summed E-state index contributed by atoms with van der Waals surface area (Å²) in [5.41, 5.74) is 14.4. The Hall–Kier alpha value is -3.33. The smallest absolute Gasteiger partial charge is 0.217 e. The standard InChI is InChI=1S/C27H24N3/c1-15-13-16(2)17(3)21(14-15)27-24-20(9-12-30(27)4)22-18-7-5-6-8-19(18)23(24)26-25(22)28-10-11-29-26/h5-14,22-23H,1-4H3/q+1. The van der Waals surface area contributed by atoms with Gasteiger partial charge >= 0.3 is 0 Å². The quantitative estimate of drug-likeness (QED) is 0.375. The van der Waals surface area contributed by atoms with Crippen molar-refractivity contribution in [3.05, 3.63) is 111 Å². The largest absolute Gasteiger partial charge is 0.257 e. The fourth-order valence-corrected chi connectivity index (χ4v) is 5.60. The monoisotopic (exact) mass is 390 g/mol. The van der Waals surface area contributed by atoms with Crippen LogP contribution in [0.3, 0.4) is 0 Å². The van der Waals surface area contributed by atoms with Gasteiger partial charge in [0.2, 0.25) is 5.69 Å². The van der Waals surface area contributed by atoms with Crippen LogP contribution in [0.25, 0.3) is 11.3 Å². The topological polar surface area (TPSA) is 29.7 Å². The molecule has 2 atom stereocenters. The van der Waals surface area contributed by atoms with Gasteiger partial charge in [0.25, 0.3) is 0 Å². The Morgan fingerprint density at radius 2 is 1.47 bits per heavy atom. The van der Waals surface area contributed by atoms with Crippen molar-refractivity contribution < 1.29 is 4.57 Å². The van der Waals surface area contributed by atoms with Gasteiger partial charge in [0.1, 0.15) is 7.05 Å². The molecule has 146 valence electrons. The lowest BCUT2D eigenvalue weighted by molar-refractivity contribution is -0.660. The van der Waals surface area contributed by atoms with E-state index in [9.17, 15) is 0 Å². The molecule has 0 radical (unpaired) electrons. The third-order valence-corrected chi connectivity index (χ3v) is 6.98. The van der Waals surface area contributed by atoms with Crippen LogP contribution < -0.4 is 4.57 Å². The summed E-state index contributed by atoms with van der Waals surface area (Å²) < 4.78 is 2.29. The highest BCUT2D eigenvalue weighted by molar-refractivity contribution is 5.75. The minimum Gasteiger partial charge on any atom is -0.257 e. The summed E-state index contributed by atoms with van der Waals surface area (Å²) in [6.45, 7) is 6.64. The van der Waals surface area contributed by atoms with E-state index in [-0.39, 0.29) is 11.8 Å². The van der Waals surface area contributed by atoms with E-state index < -0.39 is 0 Å². The Bertz CT molecular complexity index is 1310. The van der Waals surface area contributed by atoms with E-state index in [2.05, 4.69) is 81.0 Å². The van der Waals surface area contributed by atoms with Crippen LogP contribution in [0.4, 0.5) is 0 Å². The predicted octanol–water partition coefficient (Wildman–Crippen LogP) is 4.88. The molecule has 2 bridgehead atoms. The second-order valence-corrected chi connectivity index (χ2v) is 8.72. The van der Waals surface area contributed by atoms with Crippen LogP contribution in [0.15, 0.2) is 61.1 Å². The van der Waals surface area contributed by atoms with Crippen molar-refractivity contribution in [2.75, 3.05) is 0 Å².